The molecular formula is C11H15BrClN. The Balaban J connectivity index is 3.12. The highest BCUT2D eigenvalue weighted by Gasteiger charge is 2.24. The van der Waals surface area contributed by atoms with E-state index in [0.717, 1.165) is 15.1 Å². The van der Waals surface area contributed by atoms with Gasteiger partial charge in [0, 0.05) is 15.5 Å². The summed E-state index contributed by atoms with van der Waals surface area (Å²) in [4.78, 5) is 0. The minimum absolute atomic E-state index is 0.0180. The fourth-order valence-corrected chi connectivity index (χ4v) is 1.89. The minimum atomic E-state index is -0.0180. The quantitative estimate of drug-likeness (QED) is 0.819. The largest absolute Gasteiger partial charge is 0.323 e. The monoisotopic (exact) mass is 275 g/mol. The fourth-order valence-electron chi connectivity index (χ4n) is 1.22. The van der Waals surface area contributed by atoms with Gasteiger partial charge in [0.2, 0.25) is 0 Å². The SMILES string of the molecule is CC(C)(C)C(N)c1cc(Cl)ccc1Br. The zero-order chi connectivity index (χ0) is 10.9. The molecule has 2 N–H and O–H groups in total. The molecule has 0 radical (unpaired) electrons. The summed E-state index contributed by atoms with van der Waals surface area (Å²) in [6.07, 6.45) is 0. The Kier molecular flexibility index (Phi) is 3.62. The second-order valence-corrected chi connectivity index (χ2v) is 5.80. The van der Waals surface area contributed by atoms with Gasteiger partial charge in [0.25, 0.3) is 0 Å². The Morgan fingerprint density at radius 2 is 1.93 bits per heavy atom. The van der Waals surface area contributed by atoms with E-state index in [2.05, 4.69) is 36.7 Å². The van der Waals surface area contributed by atoms with E-state index in [1.807, 2.05) is 18.2 Å². The average molecular weight is 277 g/mol. The van der Waals surface area contributed by atoms with E-state index in [9.17, 15) is 0 Å². The highest BCUT2D eigenvalue weighted by atomic mass is 79.9. The van der Waals surface area contributed by atoms with Gasteiger partial charge in [0.15, 0.2) is 0 Å². The molecule has 0 saturated heterocycles. The summed E-state index contributed by atoms with van der Waals surface area (Å²) in [6, 6.07) is 5.69. The molecule has 0 aromatic heterocycles. The number of nitrogens with two attached hydrogens (primary N) is 1. The number of benzene rings is 1. The van der Waals surface area contributed by atoms with Gasteiger partial charge in [-0.25, -0.2) is 0 Å². The summed E-state index contributed by atoms with van der Waals surface area (Å²) < 4.78 is 1.02. The topological polar surface area (TPSA) is 26.0 Å². The molecule has 0 heterocycles. The van der Waals surface area contributed by atoms with Crippen molar-refractivity contribution in [2.75, 3.05) is 0 Å². The smallest absolute Gasteiger partial charge is 0.0410 e. The van der Waals surface area contributed by atoms with Gasteiger partial charge in [0.05, 0.1) is 0 Å². The molecule has 0 bridgehead atoms. The zero-order valence-electron chi connectivity index (χ0n) is 8.64. The number of rotatable bonds is 1. The molecule has 1 rings (SSSR count). The Morgan fingerprint density at radius 1 is 1.36 bits per heavy atom. The summed E-state index contributed by atoms with van der Waals surface area (Å²) in [5.74, 6) is 0. The molecule has 14 heavy (non-hydrogen) atoms. The number of hydrogen-bond acceptors (Lipinski definition) is 1. The van der Waals surface area contributed by atoms with Crippen molar-refractivity contribution in [3.05, 3.63) is 33.3 Å². The minimum Gasteiger partial charge on any atom is -0.323 e. The number of hydrogen-bond donors (Lipinski definition) is 1. The van der Waals surface area contributed by atoms with E-state index in [1.54, 1.807) is 0 Å². The van der Waals surface area contributed by atoms with Gasteiger partial charge in [0.1, 0.15) is 0 Å². The summed E-state index contributed by atoms with van der Waals surface area (Å²) in [5, 5.41) is 0.725. The first-order chi connectivity index (χ1) is 6.32. The van der Waals surface area contributed by atoms with E-state index in [1.165, 1.54) is 0 Å². The first-order valence-corrected chi connectivity index (χ1v) is 5.70. The Labute approximate surface area is 98.8 Å². The van der Waals surface area contributed by atoms with Crippen molar-refractivity contribution in [2.45, 2.75) is 26.8 Å². The predicted octanol–water partition coefficient (Wildman–Crippen LogP) is 4.15. The maximum atomic E-state index is 6.15. The lowest BCUT2D eigenvalue weighted by atomic mass is 9.83. The Bertz CT molecular complexity index is 331. The molecule has 0 aliphatic heterocycles. The lowest BCUT2D eigenvalue weighted by molar-refractivity contribution is 0.326. The van der Waals surface area contributed by atoms with Crippen LogP contribution in [-0.2, 0) is 0 Å². The van der Waals surface area contributed by atoms with Gasteiger partial charge in [-0.15, -0.1) is 0 Å². The molecule has 0 aliphatic rings. The molecule has 0 saturated carbocycles. The molecule has 0 fully saturated rings. The van der Waals surface area contributed by atoms with Crippen molar-refractivity contribution in [2.24, 2.45) is 11.1 Å². The molecule has 1 atom stereocenters. The molecule has 0 aliphatic carbocycles. The third-order valence-corrected chi connectivity index (χ3v) is 3.18. The van der Waals surface area contributed by atoms with Crippen LogP contribution < -0.4 is 5.73 Å². The summed E-state index contributed by atoms with van der Waals surface area (Å²) in [7, 11) is 0. The zero-order valence-corrected chi connectivity index (χ0v) is 11.0. The van der Waals surface area contributed by atoms with Gasteiger partial charge in [-0.2, -0.15) is 0 Å². The first-order valence-electron chi connectivity index (χ1n) is 4.53. The van der Waals surface area contributed by atoms with Crippen LogP contribution in [0.25, 0.3) is 0 Å². The second kappa shape index (κ2) is 4.21. The molecule has 0 amide bonds. The van der Waals surface area contributed by atoms with Gasteiger partial charge in [-0.1, -0.05) is 48.3 Å². The first kappa shape index (κ1) is 12.0. The average Bonchev–Trinajstić information content (AvgIpc) is 2.06. The lowest BCUT2D eigenvalue weighted by Crippen LogP contribution is -2.26. The molecule has 0 spiro atoms. The third kappa shape index (κ3) is 2.72. The van der Waals surface area contributed by atoms with Gasteiger partial charge in [-0.05, 0) is 29.2 Å². The summed E-state index contributed by atoms with van der Waals surface area (Å²) >= 11 is 9.42. The van der Waals surface area contributed by atoms with Crippen LogP contribution in [0.1, 0.15) is 32.4 Å². The summed E-state index contributed by atoms with van der Waals surface area (Å²) in [6.45, 7) is 6.35. The van der Waals surface area contributed by atoms with E-state index in [4.69, 9.17) is 17.3 Å². The molecule has 1 nitrogen and oxygen atoms in total. The maximum absolute atomic E-state index is 6.15. The van der Waals surface area contributed by atoms with Crippen LogP contribution in [0.4, 0.5) is 0 Å². The lowest BCUT2D eigenvalue weighted by Gasteiger charge is -2.28. The summed E-state index contributed by atoms with van der Waals surface area (Å²) in [5.41, 5.74) is 7.25. The number of halogens is 2. The normalized spacial score (nSPS) is 14.1. The molecule has 1 unspecified atom stereocenters. The standard InChI is InChI=1S/C11H15BrClN/c1-11(2,3)10(14)8-6-7(13)4-5-9(8)12/h4-6,10H,14H2,1-3H3. The van der Waals surface area contributed by atoms with Crippen LogP contribution in [0, 0.1) is 5.41 Å². The van der Waals surface area contributed by atoms with Crippen molar-refractivity contribution in [3.63, 3.8) is 0 Å². The van der Waals surface area contributed by atoms with Crippen molar-refractivity contribution in [1.29, 1.82) is 0 Å². The predicted molar refractivity (Wildman–Crippen MR) is 65.5 cm³/mol. The van der Waals surface area contributed by atoms with Gasteiger partial charge < -0.3 is 5.73 Å². The molecule has 1 aromatic carbocycles. The van der Waals surface area contributed by atoms with Gasteiger partial charge >= 0.3 is 0 Å². The van der Waals surface area contributed by atoms with E-state index < -0.39 is 0 Å². The van der Waals surface area contributed by atoms with E-state index in [-0.39, 0.29) is 11.5 Å². The van der Waals surface area contributed by atoms with Crippen molar-refractivity contribution >= 4 is 27.5 Å². The van der Waals surface area contributed by atoms with Crippen LogP contribution in [0.2, 0.25) is 5.02 Å². The van der Waals surface area contributed by atoms with Crippen molar-refractivity contribution in [1.82, 2.24) is 0 Å². The highest BCUT2D eigenvalue weighted by Crippen LogP contribution is 2.35. The van der Waals surface area contributed by atoms with Crippen LogP contribution in [0.5, 0.6) is 0 Å². The highest BCUT2D eigenvalue weighted by molar-refractivity contribution is 9.10. The van der Waals surface area contributed by atoms with Crippen molar-refractivity contribution in [3.8, 4) is 0 Å². The van der Waals surface area contributed by atoms with E-state index >= 15 is 0 Å². The van der Waals surface area contributed by atoms with E-state index in [0.29, 0.717) is 0 Å². The van der Waals surface area contributed by atoms with Crippen LogP contribution >= 0.6 is 27.5 Å². The molecular weight excluding hydrogens is 261 g/mol. The Hall–Kier alpha value is -0.0500. The maximum Gasteiger partial charge on any atom is 0.0410 e. The molecule has 78 valence electrons. The fraction of sp³-hybridized carbons (Fsp3) is 0.455. The third-order valence-electron chi connectivity index (χ3n) is 2.23. The Morgan fingerprint density at radius 3 is 2.43 bits per heavy atom. The van der Waals surface area contributed by atoms with Crippen LogP contribution in [-0.4, -0.2) is 0 Å². The van der Waals surface area contributed by atoms with Gasteiger partial charge in [-0.3, -0.25) is 0 Å². The molecule has 1 aromatic rings. The van der Waals surface area contributed by atoms with Crippen LogP contribution in [0.3, 0.4) is 0 Å². The second-order valence-electron chi connectivity index (χ2n) is 4.51. The molecule has 3 heteroatoms. The van der Waals surface area contributed by atoms with Crippen molar-refractivity contribution < 1.29 is 0 Å². The van der Waals surface area contributed by atoms with Crippen LogP contribution in [0.15, 0.2) is 22.7 Å².